The second kappa shape index (κ2) is 3.95. The summed E-state index contributed by atoms with van der Waals surface area (Å²) in [5, 5.41) is 9.40. The van der Waals surface area contributed by atoms with Crippen LogP contribution in [0.5, 0.6) is 11.5 Å². The maximum atomic E-state index is 8.90. The highest BCUT2D eigenvalue weighted by Crippen LogP contribution is 2.35. The Kier molecular flexibility index (Phi) is 2.63. The zero-order valence-corrected chi connectivity index (χ0v) is 9.28. The van der Waals surface area contributed by atoms with Crippen molar-refractivity contribution in [1.82, 2.24) is 0 Å². The van der Waals surface area contributed by atoms with Crippen LogP contribution in [0, 0.1) is 11.3 Å². The van der Waals surface area contributed by atoms with Crippen LogP contribution >= 0.6 is 11.6 Å². The highest BCUT2D eigenvalue weighted by molar-refractivity contribution is 6.30. The number of nitrogens with two attached hydrogens (primary N) is 1. The van der Waals surface area contributed by atoms with Crippen LogP contribution in [0.2, 0.25) is 5.02 Å². The molecule has 2 rings (SSSR count). The smallest absolute Gasteiger partial charge is 0.226 e. The fraction of sp³-hybridized carbons (Fsp3) is 0.182. The maximum Gasteiger partial charge on any atom is 0.226 e. The molecule has 1 aromatic carbocycles. The van der Waals surface area contributed by atoms with Gasteiger partial charge in [-0.25, -0.2) is 0 Å². The zero-order valence-electron chi connectivity index (χ0n) is 8.53. The molecule has 2 N–H and O–H groups in total. The minimum absolute atomic E-state index is 0.0496. The molecule has 0 radical (unpaired) electrons. The summed E-state index contributed by atoms with van der Waals surface area (Å²) in [5.74, 6) is 0.968. The van der Waals surface area contributed by atoms with Crippen LogP contribution in [0.25, 0.3) is 0 Å². The number of nitriles is 1. The van der Waals surface area contributed by atoms with Crippen molar-refractivity contribution in [1.29, 1.82) is 5.26 Å². The largest absolute Gasteiger partial charge is 0.480 e. The lowest BCUT2D eigenvalue weighted by Gasteiger charge is -2.11. The van der Waals surface area contributed by atoms with Gasteiger partial charge in [0, 0.05) is 11.1 Å². The molecule has 0 saturated carbocycles. The standard InChI is InChI=1S/C11H9ClN2O2/c1-6-11(14)10(5-13)16-9-4-7(12)2-3-8(9)15-6/h2-4,6H,14H2,1H3. The van der Waals surface area contributed by atoms with Crippen LogP contribution in [-0.4, -0.2) is 6.10 Å². The molecule has 16 heavy (non-hydrogen) atoms. The molecule has 0 aromatic heterocycles. The second-order valence-corrected chi connectivity index (χ2v) is 3.79. The van der Waals surface area contributed by atoms with Crippen molar-refractivity contribution in [2.75, 3.05) is 0 Å². The van der Waals surface area contributed by atoms with Crippen molar-refractivity contribution in [2.24, 2.45) is 5.73 Å². The van der Waals surface area contributed by atoms with Crippen molar-refractivity contribution in [2.45, 2.75) is 13.0 Å². The van der Waals surface area contributed by atoms with Crippen molar-refractivity contribution < 1.29 is 9.47 Å². The normalized spacial score (nSPS) is 18.9. The number of nitrogens with zero attached hydrogens (tertiary/aromatic N) is 1. The third-order valence-corrected chi connectivity index (χ3v) is 2.46. The van der Waals surface area contributed by atoms with Gasteiger partial charge in [0.2, 0.25) is 5.76 Å². The summed E-state index contributed by atoms with van der Waals surface area (Å²) in [6.07, 6.45) is -0.405. The molecule has 82 valence electrons. The van der Waals surface area contributed by atoms with Gasteiger partial charge in [0.15, 0.2) is 11.5 Å². The van der Waals surface area contributed by atoms with E-state index in [4.69, 9.17) is 32.1 Å². The number of rotatable bonds is 0. The molecule has 0 bridgehead atoms. The van der Waals surface area contributed by atoms with E-state index in [2.05, 4.69) is 0 Å². The predicted octanol–water partition coefficient (Wildman–Crippen LogP) is 2.19. The van der Waals surface area contributed by atoms with Gasteiger partial charge in [-0.1, -0.05) is 11.6 Å². The topological polar surface area (TPSA) is 68.3 Å². The molecule has 0 saturated heterocycles. The summed E-state index contributed by atoms with van der Waals surface area (Å²) in [5.41, 5.74) is 6.00. The Morgan fingerprint density at radius 2 is 2.19 bits per heavy atom. The quantitative estimate of drug-likeness (QED) is 0.750. The summed E-state index contributed by atoms with van der Waals surface area (Å²) in [6, 6.07) is 6.84. The minimum atomic E-state index is -0.405. The molecule has 1 heterocycles. The van der Waals surface area contributed by atoms with Gasteiger partial charge in [-0.15, -0.1) is 0 Å². The number of ether oxygens (including phenoxy) is 2. The molecular weight excluding hydrogens is 228 g/mol. The van der Waals surface area contributed by atoms with Gasteiger partial charge >= 0.3 is 0 Å². The van der Waals surface area contributed by atoms with Crippen molar-refractivity contribution in [3.63, 3.8) is 0 Å². The van der Waals surface area contributed by atoms with E-state index >= 15 is 0 Å². The van der Waals surface area contributed by atoms with Crippen LogP contribution in [0.15, 0.2) is 29.7 Å². The first-order valence-electron chi connectivity index (χ1n) is 4.65. The average molecular weight is 237 g/mol. The van der Waals surface area contributed by atoms with Crippen LogP contribution in [0.3, 0.4) is 0 Å². The summed E-state index contributed by atoms with van der Waals surface area (Å²) in [4.78, 5) is 0. The Morgan fingerprint density at radius 1 is 1.44 bits per heavy atom. The Bertz CT molecular complexity index is 505. The highest BCUT2D eigenvalue weighted by Gasteiger charge is 2.22. The molecule has 0 aliphatic carbocycles. The van der Waals surface area contributed by atoms with Gasteiger partial charge in [-0.05, 0) is 19.1 Å². The van der Waals surface area contributed by atoms with Gasteiger partial charge in [-0.2, -0.15) is 5.26 Å². The first-order valence-corrected chi connectivity index (χ1v) is 5.03. The fourth-order valence-electron chi connectivity index (χ4n) is 1.35. The van der Waals surface area contributed by atoms with Gasteiger partial charge < -0.3 is 15.2 Å². The first-order chi connectivity index (χ1) is 7.61. The lowest BCUT2D eigenvalue weighted by molar-refractivity contribution is 0.257. The van der Waals surface area contributed by atoms with Gasteiger partial charge in [0.1, 0.15) is 17.9 Å². The molecule has 1 atom stereocenters. The van der Waals surface area contributed by atoms with Gasteiger partial charge in [0.25, 0.3) is 0 Å². The number of benzene rings is 1. The predicted molar refractivity (Wildman–Crippen MR) is 59.0 cm³/mol. The zero-order chi connectivity index (χ0) is 11.7. The third-order valence-electron chi connectivity index (χ3n) is 2.22. The Labute approximate surface area is 97.8 Å². The lowest BCUT2D eigenvalue weighted by Crippen LogP contribution is -2.21. The first kappa shape index (κ1) is 10.7. The van der Waals surface area contributed by atoms with E-state index in [1.807, 2.05) is 6.07 Å². The molecule has 5 heteroatoms. The summed E-state index contributed by atoms with van der Waals surface area (Å²) in [6.45, 7) is 1.75. The number of fused-ring (bicyclic) bond motifs is 1. The van der Waals surface area contributed by atoms with E-state index in [1.54, 1.807) is 25.1 Å². The van der Waals surface area contributed by atoms with Crippen LogP contribution in [0.1, 0.15) is 6.92 Å². The van der Waals surface area contributed by atoms with Crippen LogP contribution in [0.4, 0.5) is 0 Å². The molecule has 1 aromatic rings. The van der Waals surface area contributed by atoms with E-state index in [9.17, 15) is 0 Å². The lowest BCUT2D eigenvalue weighted by atomic mass is 10.2. The molecule has 1 aliphatic heterocycles. The van der Waals surface area contributed by atoms with E-state index in [0.717, 1.165) is 0 Å². The number of hydrogen-bond acceptors (Lipinski definition) is 4. The van der Waals surface area contributed by atoms with Crippen LogP contribution in [-0.2, 0) is 0 Å². The molecule has 1 unspecified atom stereocenters. The number of allylic oxidation sites excluding steroid dienone is 1. The Hall–Kier alpha value is -1.86. The molecule has 4 nitrogen and oxygen atoms in total. The highest BCUT2D eigenvalue weighted by atomic mass is 35.5. The van der Waals surface area contributed by atoms with E-state index in [-0.39, 0.29) is 11.5 Å². The van der Waals surface area contributed by atoms with E-state index in [1.165, 1.54) is 0 Å². The Balaban J connectivity index is 2.51. The van der Waals surface area contributed by atoms with Crippen molar-refractivity contribution in [3.05, 3.63) is 34.7 Å². The monoisotopic (exact) mass is 236 g/mol. The molecule has 0 fully saturated rings. The Morgan fingerprint density at radius 3 is 2.88 bits per heavy atom. The minimum Gasteiger partial charge on any atom is -0.480 e. The number of halogens is 1. The third kappa shape index (κ3) is 1.77. The SMILES string of the molecule is CC1Oc2ccc(Cl)cc2OC(C#N)=C1N. The number of hydrogen-bond donors (Lipinski definition) is 1. The average Bonchev–Trinajstić information content (AvgIpc) is 2.38. The molecular formula is C11H9ClN2O2. The van der Waals surface area contributed by atoms with Crippen molar-refractivity contribution >= 4 is 11.6 Å². The van der Waals surface area contributed by atoms with E-state index in [0.29, 0.717) is 16.5 Å². The summed E-state index contributed by atoms with van der Waals surface area (Å²) in [7, 11) is 0. The second-order valence-electron chi connectivity index (χ2n) is 3.35. The molecule has 0 amide bonds. The summed E-state index contributed by atoms with van der Waals surface area (Å²) < 4.78 is 10.9. The van der Waals surface area contributed by atoms with Gasteiger partial charge in [-0.3, -0.25) is 0 Å². The summed E-state index contributed by atoms with van der Waals surface area (Å²) >= 11 is 5.83. The van der Waals surface area contributed by atoms with Crippen LogP contribution < -0.4 is 15.2 Å². The van der Waals surface area contributed by atoms with E-state index < -0.39 is 6.10 Å². The van der Waals surface area contributed by atoms with Crippen molar-refractivity contribution in [3.8, 4) is 17.6 Å². The fourth-order valence-corrected chi connectivity index (χ4v) is 1.52. The van der Waals surface area contributed by atoms with Gasteiger partial charge in [0.05, 0.1) is 0 Å². The molecule has 0 spiro atoms. The molecule has 1 aliphatic rings. The maximum absolute atomic E-state index is 8.90.